The summed E-state index contributed by atoms with van der Waals surface area (Å²) < 4.78 is 10.9. The van der Waals surface area contributed by atoms with Gasteiger partial charge in [0.2, 0.25) is 5.91 Å². The van der Waals surface area contributed by atoms with Crippen molar-refractivity contribution >= 4 is 24.5 Å². The van der Waals surface area contributed by atoms with Gasteiger partial charge in [0.1, 0.15) is 12.1 Å². The van der Waals surface area contributed by atoms with E-state index in [1.807, 2.05) is 13.8 Å². The number of hydrogen-bond acceptors (Lipinski definition) is 7. The van der Waals surface area contributed by atoms with E-state index in [2.05, 4.69) is 37.1 Å². The number of nitrogens with two attached hydrogens (primary N) is 1. The molecule has 1 aliphatic heterocycles. The monoisotopic (exact) mass is 389 g/mol. The topological polar surface area (TPSA) is 103 Å². The summed E-state index contributed by atoms with van der Waals surface area (Å²) in [5, 5.41) is 6.18. The van der Waals surface area contributed by atoms with Gasteiger partial charge in [-0.2, -0.15) is 12.6 Å². The van der Waals surface area contributed by atoms with Gasteiger partial charge >= 0.3 is 5.97 Å². The summed E-state index contributed by atoms with van der Waals surface area (Å²) in [7, 11) is 0. The zero-order valence-electron chi connectivity index (χ0n) is 16.4. The minimum atomic E-state index is -0.615. The molecule has 1 rings (SSSR count). The number of amides is 1. The number of thiol groups is 1. The molecule has 1 fully saturated rings. The van der Waals surface area contributed by atoms with Gasteiger partial charge in [-0.25, -0.2) is 4.79 Å². The van der Waals surface area contributed by atoms with E-state index < -0.39 is 12.1 Å². The first-order valence-electron chi connectivity index (χ1n) is 9.48. The van der Waals surface area contributed by atoms with Crippen molar-refractivity contribution < 1.29 is 19.1 Å². The standard InChI is InChI=1S/C18H35N3O4S/c1-5-12(4)15(20-8-13(19)10-26)9-25-16(11(2)3)17(22)21-14-6-7-24-18(14)23/h11-16,20,26H,5-10,19H2,1-4H3,(H,21,22)/t12-,13?,14+,15?,16?/m0/s1. The summed E-state index contributed by atoms with van der Waals surface area (Å²) in [6, 6.07) is -0.497. The van der Waals surface area contributed by atoms with Gasteiger partial charge in [0.15, 0.2) is 0 Å². The molecule has 0 aromatic heterocycles. The first-order valence-corrected chi connectivity index (χ1v) is 10.1. The molecule has 26 heavy (non-hydrogen) atoms. The fourth-order valence-electron chi connectivity index (χ4n) is 2.74. The molecule has 0 aliphatic carbocycles. The number of ether oxygens (including phenoxy) is 2. The Labute approximate surface area is 162 Å². The average molecular weight is 390 g/mol. The smallest absolute Gasteiger partial charge is 0.328 e. The van der Waals surface area contributed by atoms with E-state index in [1.165, 1.54) is 0 Å². The number of hydrogen-bond donors (Lipinski definition) is 4. The Morgan fingerprint density at radius 2 is 2.12 bits per heavy atom. The van der Waals surface area contributed by atoms with E-state index in [-0.39, 0.29) is 29.9 Å². The fourth-order valence-corrected chi connectivity index (χ4v) is 2.86. The van der Waals surface area contributed by atoms with Crippen LogP contribution in [0.3, 0.4) is 0 Å². The van der Waals surface area contributed by atoms with Crippen molar-refractivity contribution in [2.75, 3.05) is 25.5 Å². The van der Waals surface area contributed by atoms with Crippen molar-refractivity contribution in [1.82, 2.24) is 10.6 Å². The number of rotatable bonds is 12. The molecule has 3 unspecified atom stereocenters. The lowest BCUT2D eigenvalue weighted by Crippen LogP contribution is -2.49. The lowest BCUT2D eigenvalue weighted by molar-refractivity contribution is -0.144. The number of cyclic esters (lactones) is 1. The van der Waals surface area contributed by atoms with Crippen molar-refractivity contribution in [1.29, 1.82) is 0 Å². The molecule has 1 saturated heterocycles. The molecule has 1 aliphatic rings. The zero-order chi connectivity index (χ0) is 19.7. The van der Waals surface area contributed by atoms with Gasteiger partial charge in [0.25, 0.3) is 0 Å². The molecule has 0 radical (unpaired) electrons. The van der Waals surface area contributed by atoms with Crippen LogP contribution in [-0.2, 0) is 19.1 Å². The van der Waals surface area contributed by atoms with Gasteiger partial charge in [-0.05, 0) is 11.8 Å². The highest BCUT2D eigenvalue weighted by atomic mass is 32.1. The highest BCUT2D eigenvalue weighted by Crippen LogP contribution is 2.14. The van der Waals surface area contributed by atoms with E-state index in [4.69, 9.17) is 15.2 Å². The Morgan fingerprint density at radius 3 is 2.62 bits per heavy atom. The summed E-state index contributed by atoms with van der Waals surface area (Å²) in [4.78, 5) is 24.1. The molecule has 152 valence electrons. The molecule has 4 N–H and O–H groups in total. The summed E-state index contributed by atoms with van der Waals surface area (Å²) in [6.07, 6.45) is 0.882. The summed E-state index contributed by atoms with van der Waals surface area (Å²) in [6.45, 7) is 9.53. The van der Waals surface area contributed by atoms with Crippen molar-refractivity contribution in [3.8, 4) is 0 Å². The van der Waals surface area contributed by atoms with Gasteiger partial charge in [-0.15, -0.1) is 0 Å². The molecule has 7 nitrogen and oxygen atoms in total. The maximum absolute atomic E-state index is 12.6. The number of carbonyl (C=O) groups is 2. The Morgan fingerprint density at radius 1 is 1.42 bits per heavy atom. The van der Waals surface area contributed by atoms with Crippen LogP contribution in [0.5, 0.6) is 0 Å². The van der Waals surface area contributed by atoms with Crippen LogP contribution in [0.25, 0.3) is 0 Å². The molecule has 8 heteroatoms. The van der Waals surface area contributed by atoms with Crippen molar-refractivity contribution in [2.24, 2.45) is 17.6 Å². The maximum Gasteiger partial charge on any atom is 0.328 e. The van der Waals surface area contributed by atoms with Crippen LogP contribution in [0.4, 0.5) is 0 Å². The summed E-state index contributed by atoms with van der Waals surface area (Å²) in [5.74, 6) is 0.336. The van der Waals surface area contributed by atoms with Gasteiger partial charge in [0, 0.05) is 30.8 Å². The summed E-state index contributed by atoms with van der Waals surface area (Å²) in [5.41, 5.74) is 5.93. The van der Waals surface area contributed by atoms with E-state index in [9.17, 15) is 9.59 Å². The highest BCUT2D eigenvalue weighted by Gasteiger charge is 2.32. The number of nitrogens with one attached hydrogen (secondary N) is 2. The third kappa shape index (κ3) is 7.42. The van der Waals surface area contributed by atoms with Crippen LogP contribution in [0.2, 0.25) is 0 Å². The zero-order valence-corrected chi connectivity index (χ0v) is 17.3. The largest absolute Gasteiger partial charge is 0.464 e. The molecule has 1 amide bonds. The molecule has 0 aromatic carbocycles. The van der Waals surface area contributed by atoms with E-state index >= 15 is 0 Å². The number of esters is 1. The van der Waals surface area contributed by atoms with Gasteiger partial charge in [-0.1, -0.05) is 34.1 Å². The molecule has 1 heterocycles. The second-order valence-corrected chi connectivity index (χ2v) is 7.72. The molecule has 0 bridgehead atoms. The predicted molar refractivity (Wildman–Crippen MR) is 105 cm³/mol. The molecule has 5 atom stereocenters. The quantitative estimate of drug-likeness (QED) is 0.290. The van der Waals surface area contributed by atoms with Crippen molar-refractivity contribution in [3.63, 3.8) is 0 Å². The van der Waals surface area contributed by atoms with Crippen LogP contribution in [0.1, 0.15) is 40.5 Å². The minimum Gasteiger partial charge on any atom is -0.464 e. The Balaban J connectivity index is 2.62. The molecular formula is C18H35N3O4S. The minimum absolute atomic E-state index is 0.00953. The molecule has 0 spiro atoms. The Bertz CT molecular complexity index is 450. The second-order valence-electron chi connectivity index (χ2n) is 7.36. The van der Waals surface area contributed by atoms with Gasteiger partial charge in [0.05, 0.1) is 13.2 Å². The summed E-state index contributed by atoms with van der Waals surface area (Å²) >= 11 is 4.21. The van der Waals surface area contributed by atoms with Crippen LogP contribution in [0, 0.1) is 11.8 Å². The van der Waals surface area contributed by atoms with Crippen molar-refractivity contribution in [3.05, 3.63) is 0 Å². The van der Waals surface area contributed by atoms with Crippen LogP contribution in [-0.4, -0.2) is 61.6 Å². The van der Waals surface area contributed by atoms with E-state index in [1.54, 1.807) is 0 Å². The van der Waals surface area contributed by atoms with Gasteiger partial charge < -0.3 is 25.8 Å². The van der Waals surface area contributed by atoms with E-state index in [0.717, 1.165) is 6.42 Å². The van der Waals surface area contributed by atoms with Crippen LogP contribution < -0.4 is 16.4 Å². The van der Waals surface area contributed by atoms with E-state index in [0.29, 0.717) is 37.9 Å². The molecule has 0 aromatic rings. The first-order chi connectivity index (χ1) is 12.3. The second kappa shape index (κ2) is 11.8. The molecule has 0 saturated carbocycles. The highest BCUT2D eigenvalue weighted by molar-refractivity contribution is 7.80. The third-order valence-electron chi connectivity index (χ3n) is 4.78. The molecular weight excluding hydrogens is 354 g/mol. The SMILES string of the molecule is CC[C@H](C)C(COC(C(=O)N[C@@H]1CCOC1=O)C(C)C)NCC(N)CS. The first kappa shape index (κ1) is 23.2. The Hall–Kier alpha value is -0.830. The average Bonchev–Trinajstić information content (AvgIpc) is 3.01. The number of carbonyl (C=O) groups excluding carboxylic acids is 2. The maximum atomic E-state index is 12.6. The predicted octanol–water partition coefficient (Wildman–Crippen LogP) is 0.721. The Kier molecular flexibility index (Phi) is 10.5. The third-order valence-corrected chi connectivity index (χ3v) is 5.25. The van der Waals surface area contributed by atoms with Gasteiger partial charge in [-0.3, -0.25) is 4.79 Å². The lowest BCUT2D eigenvalue weighted by atomic mass is 9.99. The van der Waals surface area contributed by atoms with Crippen LogP contribution in [0.15, 0.2) is 0 Å². The normalized spacial score (nSPS) is 22.0. The lowest BCUT2D eigenvalue weighted by Gasteiger charge is -2.29. The fraction of sp³-hybridized carbons (Fsp3) is 0.889. The van der Waals surface area contributed by atoms with Crippen molar-refractivity contribution in [2.45, 2.75) is 64.8 Å². The van der Waals surface area contributed by atoms with Crippen LogP contribution >= 0.6 is 12.6 Å².